The highest BCUT2D eigenvalue weighted by Crippen LogP contribution is 2.31. The summed E-state index contributed by atoms with van der Waals surface area (Å²) in [6, 6.07) is 7.70. The molecule has 0 aromatic heterocycles. The van der Waals surface area contributed by atoms with Crippen LogP contribution in [0.25, 0.3) is 0 Å². The van der Waals surface area contributed by atoms with E-state index in [4.69, 9.17) is 0 Å². The van der Waals surface area contributed by atoms with Crippen LogP contribution in [-0.4, -0.2) is 6.04 Å². The average Bonchev–Trinajstić information content (AvgIpc) is 2.35. The first-order chi connectivity index (χ1) is 8.58. The zero-order chi connectivity index (χ0) is 13.1. The Morgan fingerprint density at radius 1 is 1.28 bits per heavy atom. The molecule has 3 unspecified atom stereocenters. The minimum atomic E-state index is -0.147. The Hall–Kier alpha value is -0.890. The molecule has 0 aliphatic heterocycles. The van der Waals surface area contributed by atoms with Crippen LogP contribution < -0.4 is 5.32 Å². The van der Waals surface area contributed by atoms with Crippen molar-refractivity contribution in [1.82, 2.24) is 5.32 Å². The van der Waals surface area contributed by atoms with Gasteiger partial charge in [0.05, 0.1) is 0 Å². The van der Waals surface area contributed by atoms with Gasteiger partial charge in [-0.3, -0.25) is 0 Å². The van der Waals surface area contributed by atoms with E-state index >= 15 is 0 Å². The van der Waals surface area contributed by atoms with Gasteiger partial charge >= 0.3 is 0 Å². The lowest BCUT2D eigenvalue weighted by Crippen LogP contribution is -2.41. The molecule has 1 aliphatic rings. The van der Waals surface area contributed by atoms with E-state index in [1.807, 2.05) is 6.07 Å². The SMILES string of the molecule is CC1CCCC(N[C@@H](C)c2cccc(F)c2)C1C. The third-order valence-electron chi connectivity index (χ3n) is 4.52. The van der Waals surface area contributed by atoms with Crippen molar-refractivity contribution in [3.05, 3.63) is 35.6 Å². The molecule has 0 radical (unpaired) electrons. The van der Waals surface area contributed by atoms with Crippen LogP contribution in [0.5, 0.6) is 0 Å². The van der Waals surface area contributed by atoms with Gasteiger partial charge in [0.15, 0.2) is 0 Å². The average molecular weight is 249 g/mol. The quantitative estimate of drug-likeness (QED) is 0.842. The molecule has 0 saturated heterocycles. The maximum Gasteiger partial charge on any atom is 0.123 e. The van der Waals surface area contributed by atoms with Crippen molar-refractivity contribution >= 4 is 0 Å². The number of rotatable bonds is 3. The first-order valence-electron chi connectivity index (χ1n) is 7.09. The highest BCUT2D eigenvalue weighted by atomic mass is 19.1. The van der Waals surface area contributed by atoms with Gasteiger partial charge in [-0.2, -0.15) is 0 Å². The van der Waals surface area contributed by atoms with Gasteiger partial charge in [0.1, 0.15) is 5.82 Å². The number of hydrogen-bond donors (Lipinski definition) is 1. The maximum absolute atomic E-state index is 13.2. The minimum absolute atomic E-state index is 0.147. The summed E-state index contributed by atoms with van der Waals surface area (Å²) in [5.41, 5.74) is 1.04. The summed E-state index contributed by atoms with van der Waals surface area (Å²) >= 11 is 0. The van der Waals surface area contributed by atoms with Gasteiger partial charge in [-0.05, 0) is 42.9 Å². The minimum Gasteiger partial charge on any atom is -0.307 e. The second-order valence-corrected chi connectivity index (χ2v) is 5.82. The topological polar surface area (TPSA) is 12.0 Å². The van der Waals surface area contributed by atoms with Gasteiger partial charge in [0.2, 0.25) is 0 Å². The lowest BCUT2D eigenvalue weighted by atomic mass is 9.77. The van der Waals surface area contributed by atoms with Crippen molar-refractivity contribution in [3.8, 4) is 0 Å². The van der Waals surface area contributed by atoms with Gasteiger partial charge in [-0.25, -0.2) is 4.39 Å². The number of halogens is 1. The molecule has 1 fully saturated rings. The summed E-state index contributed by atoms with van der Waals surface area (Å²) < 4.78 is 13.2. The largest absolute Gasteiger partial charge is 0.307 e. The van der Waals surface area contributed by atoms with Crippen molar-refractivity contribution < 1.29 is 4.39 Å². The Labute approximate surface area is 110 Å². The number of hydrogen-bond acceptors (Lipinski definition) is 1. The fourth-order valence-corrected chi connectivity index (χ4v) is 3.01. The predicted molar refractivity (Wildman–Crippen MR) is 73.9 cm³/mol. The highest BCUT2D eigenvalue weighted by Gasteiger charge is 2.27. The van der Waals surface area contributed by atoms with Crippen LogP contribution in [0.3, 0.4) is 0 Å². The monoisotopic (exact) mass is 249 g/mol. The molecule has 1 aliphatic carbocycles. The second-order valence-electron chi connectivity index (χ2n) is 5.82. The Kier molecular flexibility index (Phi) is 4.39. The molecule has 0 bridgehead atoms. The highest BCUT2D eigenvalue weighted by molar-refractivity contribution is 5.19. The molecular weight excluding hydrogens is 225 g/mol. The van der Waals surface area contributed by atoms with Crippen LogP contribution in [0.15, 0.2) is 24.3 Å². The Balaban J connectivity index is 2.00. The molecule has 1 aromatic carbocycles. The summed E-state index contributed by atoms with van der Waals surface area (Å²) in [6.45, 7) is 6.80. The van der Waals surface area contributed by atoms with E-state index in [1.165, 1.54) is 25.3 Å². The standard InChI is InChI=1S/C16H24FN/c1-11-6-4-9-16(12(11)2)18-13(3)14-7-5-8-15(17)10-14/h5,7-8,10-13,16,18H,4,6,9H2,1-3H3/t11?,12?,13-,16?/m0/s1. The molecule has 4 atom stereocenters. The first kappa shape index (κ1) is 13.5. The van der Waals surface area contributed by atoms with E-state index in [0.29, 0.717) is 12.0 Å². The van der Waals surface area contributed by atoms with Crippen LogP contribution in [0.1, 0.15) is 51.6 Å². The summed E-state index contributed by atoms with van der Waals surface area (Å²) in [4.78, 5) is 0. The van der Waals surface area contributed by atoms with Crippen LogP contribution in [0.2, 0.25) is 0 Å². The van der Waals surface area contributed by atoms with Crippen LogP contribution in [-0.2, 0) is 0 Å². The number of nitrogens with one attached hydrogen (secondary N) is 1. The fourth-order valence-electron chi connectivity index (χ4n) is 3.01. The summed E-state index contributed by atoms with van der Waals surface area (Å²) in [5.74, 6) is 1.34. The van der Waals surface area contributed by atoms with Crippen molar-refractivity contribution in [2.24, 2.45) is 11.8 Å². The van der Waals surface area contributed by atoms with Gasteiger partial charge in [0.25, 0.3) is 0 Å². The summed E-state index contributed by atoms with van der Waals surface area (Å²) in [6.07, 6.45) is 3.89. The van der Waals surface area contributed by atoms with Crippen LogP contribution in [0.4, 0.5) is 4.39 Å². The molecule has 2 rings (SSSR count). The fraction of sp³-hybridized carbons (Fsp3) is 0.625. The Morgan fingerprint density at radius 3 is 2.78 bits per heavy atom. The second kappa shape index (κ2) is 5.83. The van der Waals surface area contributed by atoms with Gasteiger partial charge in [-0.15, -0.1) is 0 Å². The summed E-state index contributed by atoms with van der Waals surface area (Å²) in [5, 5.41) is 3.68. The van der Waals surface area contributed by atoms with Crippen LogP contribution >= 0.6 is 0 Å². The molecular formula is C16H24FN. The van der Waals surface area contributed by atoms with E-state index in [1.54, 1.807) is 12.1 Å². The molecule has 0 amide bonds. The molecule has 100 valence electrons. The predicted octanol–water partition coefficient (Wildman–Crippen LogP) is 4.30. The van der Waals surface area contributed by atoms with E-state index in [0.717, 1.165) is 11.5 Å². The Morgan fingerprint density at radius 2 is 2.06 bits per heavy atom. The van der Waals surface area contributed by atoms with Gasteiger partial charge in [0, 0.05) is 12.1 Å². The zero-order valence-electron chi connectivity index (χ0n) is 11.6. The molecule has 18 heavy (non-hydrogen) atoms. The van der Waals surface area contributed by atoms with Crippen molar-refractivity contribution in [2.45, 2.75) is 52.1 Å². The molecule has 1 saturated carbocycles. The van der Waals surface area contributed by atoms with Crippen molar-refractivity contribution in [2.75, 3.05) is 0 Å². The third kappa shape index (κ3) is 3.11. The van der Waals surface area contributed by atoms with Crippen LogP contribution in [0, 0.1) is 17.7 Å². The molecule has 2 heteroatoms. The lowest BCUT2D eigenvalue weighted by molar-refractivity contribution is 0.196. The maximum atomic E-state index is 13.2. The van der Waals surface area contributed by atoms with E-state index in [-0.39, 0.29) is 11.9 Å². The molecule has 1 nitrogen and oxygen atoms in total. The van der Waals surface area contributed by atoms with Gasteiger partial charge < -0.3 is 5.32 Å². The summed E-state index contributed by atoms with van der Waals surface area (Å²) in [7, 11) is 0. The smallest absolute Gasteiger partial charge is 0.123 e. The van der Waals surface area contributed by atoms with Crippen molar-refractivity contribution in [3.63, 3.8) is 0 Å². The molecule has 0 spiro atoms. The van der Waals surface area contributed by atoms with E-state index in [2.05, 4.69) is 26.1 Å². The number of benzene rings is 1. The van der Waals surface area contributed by atoms with E-state index < -0.39 is 0 Å². The zero-order valence-corrected chi connectivity index (χ0v) is 11.6. The normalized spacial score (nSPS) is 30.1. The molecule has 1 N–H and O–H groups in total. The third-order valence-corrected chi connectivity index (χ3v) is 4.52. The van der Waals surface area contributed by atoms with Gasteiger partial charge in [-0.1, -0.05) is 38.8 Å². The molecule has 0 heterocycles. The lowest BCUT2D eigenvalue weighted by Gasteiger charge is -2.36. The Bertz CT molecular complexity index is 390. The first-order valence-corrected chi connectivity index (χ1v) is 7.09. The molecule has 1 aromatic rings. The van der Waals surface area contributed by atoms with E-state index in [9.17, 15) is 4.39 Å². The van der Waals surface area contributed by atoms with Crippen molar-refractivity contribution in [1.29, 1.82) is 0 Å².